The molecule has 3 aromatic rings. The number of carbonyl (C=O) groups is 2. The second-order valence-corrected chi connectivity index (χ2v) is 10.9. The lowest BCUT2D eigenvalue weighted by molar-refractivity contribution is -0.130. The fourth-order valence-electron chi connectivity index (χ4n) is 5.57. The van der Waals surface area contributed by atoms with Crippen LogP contribution in [-0.4, -0.2) is 57.4 Å². The van der Waals surface area contributed by atoms with Gasteiger partial charge in [0.15, 0.2) is 0 Å². The summed E-state index contributed by atoms with van der Waals surface area (Å²) < 4.78 is 33.2. The lowest BCUT2D eigenvalue weighted by Gasteiger charge is -2.18. The van der Waals surface area contributed by atoms with Crippen molar-refractivity contribution in [3.8, 4) is 17.0 Å². The van der Waals surface area contributed by atoms with E-state index in [-0.39, 0.29) is 28.8 Å². The average Bonchev–Trinajstić information content (AvgIpc) is 3.81. The second-order valence-electron chi connectivity index (χ2n) is 10.9. The summed E-state index contributed by atoms with van der Waals surface area (Å²) in [4.78, 5) is 39.8. The molecule has 2 aromatic heterocycles. The Bertz CT molecular complexity index is 1410. The van der Waals surface area contributed by atoms with Gasteiger partial charge in [0.1, 0.15) is 23.3 Å². The van der Waals surface area contributed by atoms with Crippen LogP contribution in [0.3, 0.4) is 0 Å². The van der Waals surface area contributed by atoms with E-state index in [1.807, 2.05) is 11.8 Å². The fraction of sp³-hybridized carbons (Fsp3) is 0.500. The van der Waals surface area contributed by atoms with Gasteiger partial charge in [-0.3, -0.25) is 9.59 Å². The van der Waals surface area contributed by atoms with Gasteiger partial charge in [-0.25, -0.2) is 18.7 Å². The number of rotatable bonds is 8. The van der Waals surface area contributed by atoms with Crippen molar-refractivity contribution in [3.05, 3.63) is 41.3 Å². The minimum atomic E-state index is -2.64. The van der Waals surface area contributed by atoms with Gasteiger partial charge in [0.25, 0.3) is 12.3 Å². The molecule has 2 aliphatic carbocycles. The van der Waals surface area contributed by atoms with Crippen LogP contribution in [0.4, 0.5) is 8.78 Å². The molecule has 1 atom stereocenters. The Morgan fingerprint density at radius 3 is 2.74 bits per heavy atom. The van der Waals surface area contributed by atoms with Crippen molar-refractivity contribution < 1.29 is 23.1 Å². The normalized spacial score (nSPS) is 19.9. The minimum Gasteiger partial charge on any atom is -0.493 e. The topological polar surface area (TPSA) is 100 Å². The molecule has 1 aromatic carbocycles. The number of ether oxygens (including phenoxy) is 1. The first-order chi connectivity index (χ1) is 18.3. The Hall–Kier alpha value is -3.56. The zero-order valence-electron chi connectivity index (χ0n) is 21.5. The summed E-state index contributed by atoms with van der Waals surface area (Å²) in [5.41, 5.74) is 2.57. The summed E-state index contributed by atoms with van der Waals surface area (Å²) in [5.74, 6) is 0.785. The summed E-state index contributed by atoms with van der Waals surface area (Å²) >= 11 is 0. The molecule has 3 heterocycles. The number of benzene rings is 1. The first-order valence-corrected chi connectivity index (χ1v) is 13.3. The van der Waals surface area contributed by atoms with Crippen LogP contribution in [0.1, 0.15) is 67.1 Å². The van der Waals surface area contributed by atoms with Crippen molar-refractivity contribution in [2.75, 3.05) is 19.7 Å². The van der Waals surface area contributed by atoms with Gasteiger partial charge in [-0.2, -0.15) is 0 Å². The highest BCUT2D eigenvalue weighted by Crippen LogP contribution is 2.53. The Kier molecular flexibility index (Phi) is 6.07. The summed E-state index contributed by atoms with van der Waals surface area (Å²) in [7, 11) is 0. The van der Waals surface area contributed by atoms with Crippen LogP contribution in [0.25, 0.3) is 22.3 Å². The van der Waals surface area contributed by atoms with Crippen molar-refractivity contribution in [2.24, 2.45) is 11.3 Å². The number of fused-ring (bicyclic) bond motifs is 1. The molecule has 3 fully saturated rings. The van der Waals surface area contributed by atoms with E-state index in [9.17, 15) is 18.4 Å². The van der Waals surface area contributed by atoms with Crippen molar-refractivity contribution in [3.63, 3.8) is 0 Å². The maximum absolute atomic E-state index is 13.6. The fourth-order valence-corrected chi connectivity index (χ4v) is 5.57. The van der Waals surface area contributed by atoms with Crippen molar-refractivity contribution in [2.45, 2.75) is 58.4 Å². The van der Waals surface area contributed by atoms with Gasteiger partial charge >= 0.3 is 0 Å². The molecule has 0 radical (unpaired) electrons. The molecule has 1 spiro atoms. The maximum Gasteiger partial charge on any atom is 0.263 e. The van der Waals surface area contributed by atoms with Crippen LogP contribution >= 0.6 is 0 Å². The standard InChI is InChI=1S/C28H31F2N5O3/c1-3-21(36)35-11-20(28(13-35)8-9-28)34-27(37)22-15(2)33-25-23(31-14-32-24(22)25)18-10-17(26(29)30)6-7-19(18)38-12-16-4-5-16/h6-7,10,14,16,20,26,33H,3-5,8-9,11-13H2,1-2H3,(H,34,37). The van der Waals surface area contributed by atoms with E-state index < -0.39 is 6.43 Å². The smallest absolute Gasteiger partial charge is 0.263 e. The number of halogens is 2. The number of amides is 2. The van der Waals surface area contributed by atoms with E-state index in [0.717, 1.165) is 25.7 Å². The summed E-state index contributed by atoms with van der Waals surface area (Å²) in [6.45, 7) is 5.33. The number of aromatic nitrogens is 3. The molecule has 38 heavy (non-hydrogen) atoms. The van der Waals surface area contributed by atoms with E-state index in [1.54, 1.807) is 13.0 Å². The highest BCUT2D eigenvalue weighted by molar-refractivity contribution is 6.09. The summed E-state index contributed by atoms with van der Waals surface area (Å²) in [6.07, 6.45) is 3.31. The van der Waals surface area contributed by atoms with Crippen LogP contribution in [-0.2, 0) is 4.79 Å². The number of aryl methyl sites for hydroxylation is 1. The molecule has 2 N–H and O–H groups in total. The zero-order valence-corrected chi connectivity index (χ0v) is 21.5. The molecule has 8 nitrogen and oxygen atoms in total. The number of hydrogen-bond donors (Lipinski definition) is 2. The summed E-state index contributed by atoms with van der Waals surface area (Å²) in [6, 6.07) is 4.21. The Morgan fingerprint density at radius 1 is 1.26 bits per heavy atom. The number of nitrogens with zero attached hydrogens (tertiary/aromatic N) is 3. The van der Waals surface area contributed by atoms with E-state index in [2.05, 4.69) is 20.3 Å². The molecule has 0 bridgehead atoms. The zero-order chi connectivity index (χ0) is 26.6. The average molecular weight is 524 g/mol. The SMILES string of the molecule is CCC(=O)N1CC(NC(=O)c2c(C)[nH]c3c(-c4cc(C(F)F)ccc4OCC4CC4)ncnc23)C2(CC2)C1. The third-order valence-electron chi connectivity index (χ3n) is 8.18. The van der Waals surface area contributed by atoms with Crippen LogP contribution < -0.4 is 10.1 Å². The first-order valence-electron chi connectivity index (χ1n) is 13.3. The molecular formula is C28H31F2N5O3. The summed E-state index contributed by atoms with van der Waals surface area (Å²) in [5, 5.41) is 3.17. The Morgan fingerprint density at radius 2 is 2.05 bits per heavy atom. The minimum absolute atomic E-state index is 0.0514. The van der Waals surface area contributed by atoms with Crippen molar-refractivity contribution in [1.82, 2.24) is 25.2 Å². The first kappa shape index (κ1) is 24.8. The highest BCUT2D eigenvalue weighted by Gasteiger charge is 2.56. The molecule has 1 aliphatic heterocycles. The molecule has 2 amide bonds. The van der Waals surface area contributed by atoms with Crippen LogP contribution in [0.15, 0.2) is 24.5 Å². The van der Waals surface area contributed by atoms with Crippen molar-refractivity contribution in [1.29, 1.82) is 0 Å². The number of likely N-dealkylation sites (tertiary alicyclic amines) is 1. The van der Waals surface area contributed by atoms with E-state index in [4.69, 9.17) is 4.74 Å². The highest BCUT2D eigenvalue weighted by atomic mass is 19.3. The van der Waals surface area contributed by atoms with Crippen LogP contribution in [0.2, 0.25) is 0 Å². The van der Waals surface area contributed by atoms with Crippen LogP contribution in [0, 0.1) is 18.3 Å². The molecule has 10 heteroatoms. The monoisotopic (exact) mass is 523 g/mol. The van der Waals surface area contributed by atoms with E-state index in [1.165, 1.54) is 18.5 Å². The third-order valence-corrected chi connectivity index (χ3v) is 8.18. The Labute approximate surface area is 219 Å². The molecule has 200 valence electrons. The van der Waals surface area contributed by atoms with Gasteiger partial charge in [0.2, 0.25) is 5.91 Å². The molecule has 3 aliphatic rings. The number of nitrogens with one attached hydrogen (secondary N) is 2. The number of carbonyl (C=O) groups excluding carboxylic acids is 2. The Balaban J connectivity index is 1.34. The van der Waals surface area contributed by atoms with Gasteiger partial charge in [-0.05, 0) is 56.7 Å². The van der Waals surface area contributed by atoms with Crippen LogP contribution in [0.5, 0.6) is 5.75 Å². The second kappa shape index (κ2) is 9.32. The molecular weight excluding hydrogens is 492 g/mol. The predicted molar refractivity (Wildman–Crippen MR) is 137 cm³/mol. The number of H-pyrrole nitrogens is 1. The third kappa shape index (κ3) is 4.39. The molecule has 2 saturated carbocycles. The quantitative estimate of drug-likeness (QED) is 0.442. The molecule has 1 unspecified atom stereocenters. The lowest BCUT2D eigenvalue weighted by atomic mass is 10.00. The van der Waals surface area contributed by atoms with E-state index >= 15 is 0 Å². The van der Waals surface area contributed by atoms with Gasteiger partial charge in [-0.15, -0.1) is 0 Å². The van der Waals surface area contributed by atoms with Gasteiger partial charge in [0.05, 0.1) is 23.7 Å². The number of aromatic amines is 1. The lowest BCUT2D eigenvalue weighted by Crippen LogP contribution is -2.42. The number of hydrogen-bond acceptors (Lipinski definition) is 5. The van der Waals surface area contributed by atoms with Crippen molar-refractivity contribution >= 4 is 22.8 Å². The number of alkyl halides is 2. The predicted octanol–water partition coefficient (Wildman–Crippen LogP) is 4.79. The largest absolute Gasteiger partial charge is 0.493 e. The van der Waals surface area contributed by atoms with Gasteiger partial charge < -0.3 is 19.9 Å². The maximum atomic E-state index is 13.6. The van der Waals surface area contributed by atoms with E-state index in [0.29, 0.717) is 71.3 Å². The van der Waals surface area contributed by atoms with Gasteiger partial charge in [0, 0.05) is 41.7 Å². The molecule has 1 saturated heterocycles. The molecule has 6 rings (SSSR count). The van der Waals surface area contributed by atoms with Gasteiger partial charge in [-0.1, -0.05) is 6.92 Å².